The molecule has 0 aliphatic rings. The third-order valence-electron chi connectivity index (χ3n) is 3.46. The molecule has 0 spiro atoms. The maximum Gasteiger partial charge on any atom is 0.233 e. The van der Waals surface area contributed by atoms with Crippen molar-refractivity contribution >= 4 is 23.2 Å². The summed E-state index contributed by atoms with van der Waals surface area (Å²) in [7, 11) is 0. The lowest BCUT2D eigenvalue weighted by molar-refractivity contribution is -0.123. The second-order valence-electron chi connectivity index (χ2n) is 6.61. The van der Waals surface area contributed by atoms with Gasteiger partial charge >= 0.3 is 0 Å². The maximum absolute atomic E-state index is 13.1. The maximum atomic E-state index is 13.1. The van der Waals surface area contributed by atoms with Gasteiger partial charge in [0.25, 0.3) is 0 Å². The molecule has 24 heavy (non-hydrogen) atoms. The molecule has 0 bridgehead atoms. The van der Waals surface area contributed by atoms with Crippen LogP contribution in [0.15, 0.2) is 48.5 Å². The van der Waals surface area contributed by atoms with Crippen molar-refractivity contribution in [2.45, 2.75) is 32.6 Å². The van der Waals surface area contributed by atoms with Crippen molar-refractivity contribution in [1.82, 2.24) is 0 Å². The minimum absolute atomic E-state index is 0.0351. The summed E-state index contributed by atoms with van der Waals surface area (Å²) in [6, 6.07) is 13.0. The van der Waals surface area contributed by atoms with Crippen LogP contribution in [0.2, 0.25) is 0 Å². The van der Waals surface area contributed by atoms with Crippen molar-refractivity contribution in [3.8, 4) is 0 Å². The van der Waals surface area contributed by atoms with Crippen molar-refractivity contribution in [3.63, 3.8) is 0 Å². The second kappa shape index (κ2) is 7.25. The number of amides is 2. The normalized spacial score (nSPS) is 11.0. The van der Waals surface area contributed by atoms with E-state index in [2.05, 4.69) is 31.4 Å². The van der Waals surface area contributed by atoms with E-state index < -0.39 is 17.6 Å². The largest absolute Gasteiger partial charge is 0.326 e. The number of anilines is 2. The zero-order valence-corrected chi connectivity index (χ0v) is 14.0. The van der Waals surface area contributed by atoms with Gasteiger partial charge in [-0.3, -0.25) is 9.59 Å². The molecule has 2 aromatic rings. The topological polar surface area (TPSA) is 58.2 Å². The Morgan fingerprint density at radius 3 is 2.04 bits per heavy atom. The lowest BCUT2D eigenvalue weighted by Crippen LogP contribution is -2.21. The molecule has 0 heterocycles. The van der Waals surface area contributed by atoms with Gasteiger partial charge in [0.2, 0.25) is 11.8 Å². The molecule has 0 fully saturated rings. The Hall–Kier alpha value is -2.69. The van der Waals surface area contributed by atoms with E-state index in [4.69, 9.17) is 0 Å². The van der Waals surface area contributed by atoms with E-state index in [0.717, 1.165) is 5.56 Å². The first-order valence-corrected chi connectivity index (χ1v) is 7.70. The fourth-order valence-corrected chi connectivity index (χ4v) is 2.18. The fraction of sp³-hybridized carbons (Fsp3) is 0.263. The first-order chi connectivity index (χ1) is 11.2. The van der Waals surface area contributed by atoms with Gasteiger partial charge in [-0.25, -0.2) is 4.39 Å². The first-order valence-electron chi connectivity index (χ1n) is 7.70. The van der Waals surface area contributed by atoms with Gasteiger partial charge in [-0.15, -0.1) is 0 Å². The highest BCUT2D eigenvalue weighted by Gasteiger charge is 2.14. The van der Waals surface area contributed by atoms with Gasteiger partial charge in [-0.1, -0.05) is 39.0 Å². The summed E-state index contributed by atoms with van der Waals surface area (Å²) in [5.74, 6) is -1.37. The van der Waals surface area contributed by atoms with E-state index in [0.29, 0.717) is 11.4 Å². The highest BCUT2D eigenvalue weighted by atomic mass is 19.1. The van der Waals surface area contributed by atoms with Crippen molar-refractivity contribution < 1.29 is 14.0 Å². The molecule has 0 radical (unpaired) electrons. The first kappa shape index (κ1) is 17.7. The highest BCUT2D eigenvalue weighted by molar-refractivity contribution is 6.08. The van der Waals surface area contributed by atoms with E-state index >= 15 is 0 Å². The van der Waals surface area contributed by atoms with Gasteiger partial charge in [0.15, 0.2) is 0 Å². The van der Waals surface area contributed by atoms with Gasteiger partial charge in [0.05, 0.1) is 0 Å². The molecule has 2 N–H and O–H groups in total. The van der Waals surface area contributed by atoms with E-state index in [1.54, 1.807) is 6.07 Å². The van der Waals surface area contributed by atoms with Crippen LogP contribution in [-0.2, 0) is 15.0 Å². The predicted octanol–water partition coefficient (Wildman–Crippen LogP) is 4.09. The number of hydrogen-bond acceptors (Lipinski definition) is 2. The van der Waals surface area contributed by atoms with E-state index in [1.165, 1.54) is 18.2 Å². The Morgan fingerprint density at radius 1 is 0.917 bits per heavy atom. The predicted molar refractivity (Wildman–Crippen MR) is 93.4 cm³/mol. The molecule has 5 heteroatoms. The third kappa shape index (κ3) is 5.19. The molecule has 4 nitrogen and oxygen atoms in total. The molecule has 0 aliphatic carbocycles. The number of nitrogens with one attached hydrogen (secondary N) is 2. The Morgan fingerprint density at radius 2 is 1.50 bits per heavy atom. The van der Waals surface area contributed by atoms with Crippen LogP contribution in [0.1, 0.15) is 32.8 Å². The zero-order chi connectivity index (χ0) is 17.7. The number of halogens is 1. The van der Waals surface area contributed by atoms with Crippen LogP contribution in [0.4, 0.5) is 15.8 Å². The van der Waals surface area contributed by atoms with Crippen LogP contribution in [-0.4, -0.2) is 11.8 Å². The molecule has 0 aromatic heterocycles. The van der Waals surface area contributed by atoms with Crippen molar-refractivity contribution in [2.24, 2.45) is 0 Å². The summed E-state index contributed by atoms with van der Waals surface area (Å²) < 4.78 is 13.1. The number of carbonyl (C=O) groups excluding carboxylic acids is 2. The van der Waals surface area contributed by atoms with Crippen molar-refractivity contribution in [3.05, 3.63) is 59.9 Å². The smallest absolute Gasteiger partial charge is 0.233 e. The molecular weight excluding hydrogens is 307 g/mol. The van der Waals surface area contributed by atoms with Gasteiger partial charge < -0.3 is 10.6 Å². The van der Waals surface area contributed by atoms with Gasteiger partial charge in [-0.05, 0) is 41.3 Å². The summed E-state index contributed by atoms with van der Waals surface area (Å²) in [4.78, 5) is 23.7. The van der Waals surface area contributed by atoms with E-state index in [-0.39, 0.29) is 11.8 Å². The van der Waals surface area contributed by atoms with Crippen LogP contribution in [0.25, 0.3) is 0 Å². The quantitative estimate of drug-likeness (QED) is 0.831. The van der Waals surface area contributed by atoms with Crippen LogP contribution < -0.4 is 10.6 Å². The number of benzene rings is 2. The molecule has 0 aliphatic heterocycles. The standard InChI is InChI=1S/C19H21FN2O2/c1-19(2,3)13-7-9-15(10-8-13)21-17(23)12-18(24)22-16-6-4-5-14(20)11-16/h4-11H,12H2,1-3H3,(H,21,23)(H,22,24). The molecule has 0 saturated carbocycles. The van der Waals surface area contributed by atoms with Gasteiger partial charge in [0, 0.05) is 11.4 Å². The summed E-state index contributed by atoms with van der Waals surface area (Å²) in [5, 5.41) is 5.16. The summed E-state index contributed by atoms with van der Waals surface area (Å²) >= 11 is 0. The molecule has 0 unspecified atom stereocenters. The lowest BCUT2D eigenvalue weighted by atomic mass is 9.87. The number of rotatable bonds is 4. The second-order valence-corrected chi connectivity index (χ2v) is 6.61. The molecule has 2 aromatic carbocycles. The van der Waals surface area contributed by atoms with Crippen LogP contribution in [0, 0.1) is 5.82 Å². The molecule has 2 rings (SSSR count). The summed E-state index contributed by atoms with van der Waals surface area (Å²) in [6.45, 7) is 6.33. The van der Waals surface area contributed by atoms with Gasteiger partial charge in [-0.2, -0.15) is 0 Å². The van der Waals surface area contributed by atoms with E-state index in [1.807, 2.05) is 24.3 Å². The van der Waals surface area contributed by atoms with E-state index in [9.17, 15) is 14.0 Å². The minimum Gasteiger partial charge on any atom is -0.326 e. The molecular formula is C19H21FN2O2. The minimum atomic E-state index is -0.496. The lowest BCUT2D eigenvalue weighted by Gasteiger charge is -2.19. The molecule has 2 amide bonds. The number of hydrogen-bond donors (Lipinski definition) is 2. The Kier molecular flexibility index (Phi) is 5.34. The van der Waals surface area contributed by atoms with Crippen molar-refractivity contribution in [2.75, 3.05) is 10.6 Å². The average molecular weight is 328 g/mol. The summed E-state index contributed by atoms with van der Waals surface area (Å²) in [6.07, 6.45) is -0.336. The molecule has 126 valence electrons. The van der Waals surface area contributed by atoms with Crippen LogP contribution in [0.3, 0.4) is 0 Å². The van der Waals surface area contributed by atoms with Crippen molar-refractivity contribution in [1.29, 1.82) is 0 Å². The summed E-state index contributed by atoms with van der Waals surface area (Å²) in [5.41, 5.74) is 2.14. The highest BCUT2D eigenvalue weighted by Crippen LogP contribution is 2.23. The Balaban J connectivity index is 1.89. The molecule has 0 atom stereocenters. The average Bonchev–Trinajstić information content (AvgIpc) is 2.46. The van der Waals surface area contributed by atoms with Crippen LogP contribution >= 0.6 is 0 Å². The Bertz CT molecular complexity index is 734. The monoisotopic (exact) mass is 328 g/mol. The van der Waals surface area contributed by atoms with Crippen LogP contribution in [0.5, 0.6) is 0 Å². The third-order valence-corrected chi connectivity index (χ3v) is 3.46. The SMILES string of the molecule is CC(C)(C)c1ccc(NC(=O)CC(=O)Nc2cccc(F)c2)cc1. The zero-order valence-electron chi connectivity index (χ0n) is 14.0. The van der Waals surface area contributed by atoms with Gasteiger partial charge in [0.1, 0.15) is 12.2 Å². The Labute approximate surface area is 141 Å². The number of carbonyl (C=O) groups is 2. The fourth-order valence-electron chi connectivity index (χ4n) is 2.18. The molecule has 0 saturated heterocycles.